The second-order valence-corrected chi connectivity index (χ2v) is 5.93. The number of aliphatic hydroxyl groups is 1. The smallest absolute Gasteiger partial charge is 0.331 e. The Labute approximate surface area is 102 Å². The Balaban J connectivity index is 1.97. The van der Waals surface area contributed by atoms with Crippen LogP contribution in [-0.2, 0) is 9.53 Å². The van der Waals surface area contributed by atoms with E-state index < -0.39 is 5.60 Å². The lowest BCUT2D eigenvalue weighted by atomic mass is 9.71. The lowest BCUT2D eigenvalue weighted by molar-refractivity contribution is -0.148. The predicted octanol–water partition coefficient (Wildman–Crippen LogP) is 2.21. The fourth-order valence-electron chi connectivity index (χ4n) is 2.56. The van der Waals surface area contributed by atoms with Crippen molar-refractivity contribution >= 4 is 5.97 Å². The van der Waals surface area contributed by atoms with Gasteiger partial charge >= 0.3 is 5.97 Å². The standard InChI is InChI=1S/C14H20O3/c1-14(2,3)17-13(16)7-11-6-10-4-9(8-15)5-12(10)11/h5,7,10,12,15H,4,6,8H2,1-3H3/t10-,12-/m0/s1. The Morgan fingerprint density at radius 1 is 1.53 bits per heavy atom. The van der Waals surface area contributed by atoms with Crippen LogP contribution in [0.3, 0.4) is 0 Å². The molecule has 17 heavy (non-hydrogen) atoms. The lowest BCUT2D eigenvalue weighted by Gasteiger charge is -2.33. The van der Waals surface area contributed by atoms with Crippen LogP contribution >= 0.6 is 0 Å². The molecule has 0 spiro atoms. The molecule has 2 aliphatic rings. The normalized spacial score (nSPS) is 29.6. The third-order valence-electron chi connectivity index (χ3n) is 3.29. The molecule has 0 aromatic carbocycles. The molecule has 1 fully saturated rings. The first-order valence-corrected chi connectivity index (χ1v) is 6.13. The van der Waals surface area contributed by atoms with Crippen LogP contribution in [0.25, 0.3) is 0 Å². The van der Waals surface area contributed by atoms with Gasteiger partial charge in [-0.1, -0.05) is 11.6 Å². The highest BCUT2D eigenvalue weighted by molar-refractivity contribution is 5.83. The number of rotatable bonds is 2. The van der Waals surface area contributed by atoms with Crippen molar-refractivity contribution in [1.82, 2.24) is 0 Å². The molecule has 0 radical (unpaired) electrons. The van der Waals surface area contributed by atoms with Gasteiger partial charge in [0.05, 0.1) is 6.61 Å². The van der Waals surface area contributed by atoms with Crippen LogP contribution in [0.1, 0.15) is 33.6 Å². The van der Waals surface area contributed by atoms with E-state index in [0.717, 1.165) is 24.0 Å². The number of carbonyl (C=O) groups is 1. The first-order chi connectivity index (χ1) is 7.89. The molecule has 2 atom stereocenters. The van der Waals surface area contributed by atoms with Crippen molar-refractivity contribution in [2.45, 2.75) is 39.2 Å². The van der Waals surface area contributed by atoms with Gasteiger partial charge in [0.25, 0.3) is 0 Å². The van der Waals surface area contributed by atoms with Crippen LogP contribution in [0.4, 0.5) is 0 Å². The van der Waals surface area contributed by atoms with E-state index in [4.69, 9.17) is 9.84 Å². The van der Waals surface area contributed by atoms with Crippen molar-refractivity contribution in [3.63, 3.8) is 0 Å². The summed E-state index contributed by atoms with van der Waals surface area (Å²) in [6.45, 7) is 5.75. The number of allylic oxidation sites excluding steroid dienone is 2. The van der Waals surface area contributed by atoms with Crippen molar-refractivity contribution in [2.75, 3.05) is 6.61 Å². The number of aliphatic hydroxyl groups excluding tert-OH is 1. The molecule has 1 N–H and O–H groups in total. The zero-order valence-electron chi connectivity index (χ0n) is 10.7. The van der Waals surface area contributed by atoms with E-state index in [1.54, 1.807) is 6.08 Å². The second-order valence-electron chi connectivity index (χ2n) is 5.93. The van der Waals surface area contributed by atoms with E-state index >= 15 is 0 Å². The van der Waals surface area contributed by atoms with Crippen LogP contribution in [-0.4, -0.2) is 23.3 Å². The molecular weight excluding hydrogens is 216 g/mol. The predicted molar refractivity (Wildman–Crippen MR) is 65.3 cm³/mol. The van der Waals surface area contributed by atoms with Crippen LogP contribution < -0.4 is 0 Å². The Morgan fingerprint density at radius 3 is 2.82 bits per heavy atom. The number of ether oxygens (including phenoxy) is 1. The summed E-state index contributed by atoms with van der Waals surface area (Å²) in [5.41, 5.74) is 1.82. The molecule has 3 nitrogen and oxygen atoms in total. The maximum absolute atomic E-state index is 11.6. The fourth-order valence-corrected chi connectivity index (χ4v) is 2.56. The molecule has 0 heterocycles. The van der Waals surface area contributed by atoms with Crippen LogP contribution in [0.15, 0.2) is 23.3 Å². The van der Waals surface area contributed by atoms with Crippen molar-refractivity contribution in [2.24, 2.45) is 11.8 Å². The average molecular weight is 236 g/mol. The molecular formula is C14H20O3. The maximum Gasteiger partial charge on any atom is 0.331 e. The first-order valence-electron chi connectivity index (χ1n) is 6.13. The molecule has 0 saturated heterocycles. The molecule has 0 unspecified atom stereocenters. The summed E-state index contributed by atoms with van der Waals surface area (Å²) in [4.78, 5) is 11.6. The van der Waals surface area contributed by atoms with Gasteiger partial charge in [-0.15, -0.1) is 0 Å². The van der Waals surface area contributed by atoms with Gasteiger partial charge in [-0.3, -0.25) is 0 Å². The number of carbonyl (C=O) groups excluding carboxylic acids is 1. The zero-order chi connectivity index (χ0) is 12.6. The molecule has 2 rings (SSSR count). The van der Waals surface area contributed by atoms with Gasteiger partial charge in [0.15, 0.2) is 0 Å². The SMILES string of the molecule is CC(C)(C)OC(=O)C=C1C[C@@H]2CC(CO)=C[C@H]12. The molecule has 94 valence electrons. The van der Waals surface area contributed by atoms with Crippen molar-refractivity contribution in [1.29, 1.82) is 0 Å². The molecule has 2 aliphatic carbocycles. The van der Waals surface area contributed by atoms with E-state index in [2.05, 4.69) is 6.08 Å². The molecule has 0 aromatic rings. The van der Waals surface area contributed by atoms with Gasteiger partial charge < -0.3 is 9.84 Å². The van der Waals surface area contributed by atoms with Crippen molar-refractivity contribution < 1.29 is 14.6 Å². The highest BCUT2D eigenvalue weighted by Crippen LogP contribution is 2.49. The topological polar surface area (TPSA) is 46.5 Å². The molecule has 0 bridgehead atoms. The lowest BCUT2D eigenvalue weighted by Crippen LogP contribution is -2.27. The number of hydrogen-bond acceptors (Lipinski definition) is 3. The van der Waals surface area contributed by atoms with Crippen LogP contribution in [0.2, 0.25) is 0 Å². The van der Waals surface area contributed by atoms with Gasteiger partial charge in [-0.05, 0) is 45.1 Å². The maximum atomic E-state index is 11.6. The third-order valence-corrected chi connectivity index (χ3v) is 3.29. The monoisotopic (exact) mass is 236 g/mol. The van der Waals surface area contributed by atoms with Crippen LogP contribution in [0.5, 0.6) is 0 Å². The summed E-state index contributed by atoms with van der Waals surface area (Å²) in [5, 5.41) is 9.07. The van der Waals surface area contributed by atoms with Crippen molar-refractivity contribution in [3.05, 3.63) is 23.3 Å². The Kier molecular flexibility index (Phi) is 3.13. The van der Waals surface area contributed by atoms with Gasteiger partial charge in [-0.25, -0.2) is 4.79 Å². The number of hydrogen-bond donors (Lipinski definition) is 1. The highest BCUT2D eigenvalue weighted by Gasteiger charge is 2.39. The van der Waals surface area contributed by atoms with Gasteiger partial charge in [0.2, 0.25) is 0 Å². The minimum atomic E-state index is -0.431. The Morgan fingerprint density at radius 2 is 2.24 bits per heavy atom. The summed E-state index contributed by atoms with van der Waals surface area (Å²) < 4.78 is 5.26. The van der Waals surface area contributed by atoms with E-state index in [-0.39, 0.29) is 12.6 Å². The van der Waals surface area contributed by atoms with Gasteiger partial charge in [0.1, 0.15) is 5.60 Å². The minimum absolute atomic E-state index is 0.146. The average Bonchev–Trinajstić information content (AvgIpc) is 2.49. The number of fused-ring (bicyclic) bond motifs is 1. The largest absolute Gasteiger partial charge is 0.457 e. The molecule has 0 aliphatic heterocycles. The molecule has 0 amide bonds. The Bertz CT molecular complexity index is 385. The van der Waals surface area contributed by atoms with Crippen LogP contribution in [0, 0.1) is 11.8 Å². The summed E-state index contributed by atoms with van der Waals surface area (Å²) in [7, 11) is 0. The van der Waals surface area contributed by atoms with Gasteiger partial charge in [0, 0.05) is 12.0 Å². The summed E-state index contributed by atoms with van der Waals surface area (Å²) in [6.07, 6.45) is 5.67. The molecule has 0 aromatic heterocycles. The number of esters is 1. The van der Waals surface area contributed by atoms with Gasteiger partial charge in [-0.2, -0.15) is 0 Å². The fraction of sp³-hybridized carbons (Fsp3) is 0.643. The highest BCUT2D eigenvalue weighted by atomic mass is 16.6. The summed E-state index contributed by atoms with van der Waals surface area (Å²) >= 11 is 0. The van der Waals surface area contributed by atoms with E-state index in [9.17, 15) is 4.79 Å². The quantitative estimate of drug-likeness (QED) is 0.454. The summed E-state index contributed by atoms with van der Waals surface area (Å²) in [6, 6.07) is 0. The Hall–Kier alpha value is -1.09. The minimum Gasteiger partial charge on any atom is -0.457 e. The molecule has 1 saturated carbocycles. The first kappa shape index (κ1) is 12.4. The molecule has 3 heteroatoms. The second kappa shape index (κ2) is 4.30. The van der Waals surface area contributed by atoms with E-state index in [1.807, 2.05) is 20.8 Å². The third kappa shape index (κ3) is 2.78. The van der Waals surface area contributed by atoms with E-state index in [0.29, 0.717) is 11.8 Å². The summed E-state index contributed by atoms with van der Waals surface area (Å²) in [5.74, 6) is 0.715. The van der Waals surface area contributed by atoms with Crippen molar-refractivity contribution in [3.8, 4) is 0 Å². The zero-order valence-corrected chi connectivity index (χ0v) is 10.7. The van der Waals surface area contributed by atoms with E-state index in [1.165, 1.54) is 0 Å².